The molecule has 2 aromatic carbocycles. The third-order valence-electron chi connectivity index (χ3n) is 3.68. The van der Waals surface area contributed by atoms with Gasteiger partial charge in [-0.25, -0.2) is 4.39 Å². The van der Waals surface area contributed by atoms with Crippen molar-refractivity contribution in [2.24, 2.45) is 0 Å². The number of hydrogen-bond donors (Lipinski definition) is 1. The van der Waals surface area contributed by atoms with E-state index < -0.39 is 0 Å². The molecule has 0 saturated carbocycles. The van der Waals surface area contributed by atoms with Crippen LogP contribution in [0.15, 0.2) is 71.1 Å². The molecule has 0 aliphatic carbocycles. The number of benzene rings is 2. The number of nitrogens with one attached hydrogen (secondary N) is 1. The molecule has 3 heteroatoms. The quantitative estimate of drug-likeness (QED) is 0.721. The molecule has 0 aliphatic heterocycles. The molecule has 2 nitrogen and oxygen atoms in total. The van der Waals surface area contributed by atoms with Gasteiger partial charge in [0.2, 0.25) is 0 Å². The summed E-state index contributed by atoms with van der Waals surface area (Å²) in [6.07, 6.45) is 0. The molecule has 0 radical (unpaired) electrons. The molecular weight excluding hydrogens is 277 g/mol. The molecule has 3 rings (SSSR count). The molecule has 0 bridgehead atoms. The highest BCUT2D eigenvalue weighted by molar-refractivity contribution is 5.58. The monoisotopic (exact) mass is 295 g/mol. The van der Waals surface area contributed by atoms with Crippen LogP contribution in [0.3, 0.4) is 0 Å². The van der Waals surface area contributed by atoms with Gasteiger partial charge in [-0.05, 0) is 36.8 Å². The topological polar surface area (TPSA) is 25.2 Å². The Hall–Kier alpha value is -2.39. The van der Waals surface area contributed by atoms with Crippen molar-refractivity contribution in [1.29, 1.82) is 0 Å². The molecule has 1 N–H and O–H groups in total. The second-order valence-corrected chi connectivity index (χ2v) is 5.26. The molecule has 0 saturated heterocycles. The van der Waals surface area contributed by atoms with Crippen LogP contribution < -0.4 is 5.32 Å². The number of furan rings is 1. The van der Waals surface area contributed by atoms with Crippen molar-refractivity contribution >= 4 is 0 Å². The zero-order valence-electron chi connectivity index (χ0n) is 12.4. The van der Waals surface area contributed by atoms with Crippen LogP contribution in [0.5, 0.6) is 0 Å². The molecular formula is C19H18FNO. The van der Waals surface area contributed by atoms with Crippen LogP contribution in [0.1, 0.15) is 24.3 Å². The summed E-state index contributed by atoms with van der Waals surface area (Å²) in [6.45, 7) is 2.71. The Bertz CT molecular complexity index is 736. The zero-order chi connectivity index (χ0) is 15.4. The lowest BCUT2D eigenvalue weighted by Crippen LogP contribution is -2.17. The van der Waals surface area contributed by atoms with Crippen molar-refractivity contribution < 1.29 is 8.81 Å². The highest BCUT2D eigenvalue weighted by Gasteiger charge is 2.10. The van der Waals surface area contributed by atoms with Crippen molar-refractivity contribution in [2.75, 3.05) is 0 Å². The second-order valence-electron chi connectivity index (χ2n) is 5.26. The van der Waals surface area contributed by atoms with Crippen LogP contribution in [-0.4, -0.2) is 0 Å². The summed E-state index contributed by atoms with van der Waals surface area (Å²) in [5, 5.41) is 3.41. The molecule has 0 fully saturated rings. The van der Waals surface area contributed by atoms with Crippen LogP contribution in [0.25, 0.3) is 11.3 Å². The summed E-state index contributed by atoms with van der Waals surface area (Å²) in [7, 11) is 0. The minimum absolute atomic E-state index is 0.225. The van der Waals surface area contributed by atoms with Crippen LogP contribution >= 0.6 is 0 Å². The first kappa shape index (κ1) is 14.5. The molecule has 0 unspecified atom stereocenters. The van der Waals surface area contributed by atoms with Gasteiger partial charge in [0.15, 0.2) is 0 Å². The van der Waals surface area contributed by atoms with Crippen LogP contribution in [0.4, 0.5) is 4.39 Å². The molecule has 3 aromatic rings. The van der Waals surface area contributed by atoms with E-state index in [0.717, 1.165) is 5.76 Å². The molecule has 1 aromatic heterocycles. The standard InChI is InChI=1S/C19H18FNO/c1-14(15-7-3-2-4-8-15)21-13-16-11-12-19(22-16)17-9-5-6-10-18(17)20/h2-12,14,21H,13H2,1H3/t14-/m1/s1. The largest absolute Gasteiger partial charge is 0.460 e. The van der Waals surface area contributed by atoms with Crippen molar-refractivity contribution in [3.8, 4) is 11.3 Å². The fourth-order valence-electron chi connectivity index (χ4n) is 2.39. The lowest BCUT2D eigenvalue weighted by molar-refractivity contribution is 0.466. The molecule has 1 atom stereocenters. The Morgan fingerprint density at radius 1 is 0.955 bits per heavy atom. The van der Waals surface area contributed by atoms with E-state index in [1.165, 1.54) is 11.6 Å². The van der Waals surface area contributed by atoms with Crippen molar-refractivity contribution in [1.82, 2.24) is 5.32 Å². The van der Waals surface area contributed by atoms with Crippen LogP contribution in [0.2, 0.25) is 0 Å². The van der Waals surface area contributed by atoms with Crippen molar-refractivity contribution in [3.05, 3.63) is 83.9 Å². The Morgan fingerprint density at radius 2 is 1.68 bits per heavy atom. The van der Waals surface area contributed by atoms with Gasteiger partial charge in [-0.15, -0.1) is 0 Å². The van der Waals surface area contributed by atoms with Crippen LogP contribution in [0, 0.1) is 5.82 Å². The van der Waals surface area contributed by atoms with Gasteiger partial charge in [-0.1, -0.05) is 42.5 Å². The molecule has 112 valence electrons. The summed E-state index contributed by atoms with van der Waals surface area (Å²) in [6, 6.07) is 20.8. The first-order valence-electron chi connectivity index (χ1n) is 7.36. The highest BCUT2D eigenvalue weighted by atomic mass is 19.1. The fourth-order valence-corrected chi connectivity index (χ4v) is 2.39. The maximum Gasteiger partial charge on any atom is 0.137 e. The Labute approximate surface area is 129 Å². The van der Waals surface area contributed by atoms with E-state index >= 15 is 0 Å². The number of rotatable bonds is 5. The van der Waals surface area contributed by atoms with Crippen LogP contribution in [-0.2, 0) is 6.54 Å². The lowest BCUT2D eigenvalue weighted by atomic mass is 10.1. The van der Waals surface area contributed by atoms with Gasteiger partial charge >= 0.3 is 0 Å². The van der Waals surface area contributed by atoms with E-state index in [1.54, 1.807) is 18.2 Å². The maximum absolute atomic E-state index is 13.7. The molecule has 1 heterocycles. The van der Waals surface area contributed by atoms with E-state index in [4.69, 9.17) is 4.42 Å². The first-order valence-corrected chi connectivity index (χ1v) is 7.36. The lowest BCUT2D eigenvalue weighted by Gasteiger charge is -2.12. The van der Waals surface area contributed by atoms with Gasteiger partial charge in [-0.3, -0.25) is 0 Å². The van der Waals surface area contributed by atoms with E-state index in [2.05, 4.69) is 24.4 Å². The third kappa shape index (κ3) is 3.26. The Balaban J connectivity index is 1.67. The van der Waals surface area contributed by atoms with Gasteiger partial charge in [0.05, 0.1) is 12.1 Å². The molecule has 0 amide bonds. The van der Waals surface area contributed by atoms with Crippen molar-refractivity contribution in [2.45, 2.75) is 19.5 Å². The Morgan fingerprint density at radius 3 is 2.45 bits per heavy atom. The predicted molar refractivity (Wildman–Crippen MR) is 85.8 cm³/mol. The van der Waals surface area contributed by atoms with Gasteiger partial charge in [-0.2, -0.15) is 0 Å². The SMILES string of the molecule is C[C@@H](NCc1ccc(-c2ccccc2F)o1)c1ccccc1. The zero-order valence-corrected chi connectivity index (χ0v) is 12.4. The van der Waals surface area contributed by atoms with Crippen molar-refractivity contribution in [3.63, 3.8) is 0 Å². The number of hydrogen-bond acceptors (Lipinski definition) is 2. The highest BCUT2D eigenvalue weighted by Crippen LogP contribution is 2.25. The fraction of sp³-hybridized carbons (Fsp3) is 0.158. The number of halogens is 1. The summed E-state index contributed by atoms with van der Waals surface area (Å²) < 4.78 is 19.5. The predicted octanol–water partition coefficient (Wildman–Crippen LogP) is 4.94. The second kappa shape index (κ2) is 6.58. The van der Waals surface area contributed by atoms with Gasteiger partial charge in [0.25, 0.3) is 0 Å². The van der Waals surface area contributed by atoms with E-state index in [0.29, 0.717) is 17.9 Å². The van der Waals surface area contributed by atoms with Gasteiger partial charge in [0.1, 0.15) is 17.3 Å². The minimum atomic E-state index is -0.269. The normalized spacial score (nSPS) is 12.3. The molecule has 0 spiro atoms. The smallest absolute Gasteiger partial charge is 0.137 e. The molecule has 22 heavy (non-hydrogen) atoms. The van der Waals surface area contributed by atoms with Gasteiger partial charge in [0, 0.05) is 6.04 Å². The van der Waals surface area contributed by atoms with E-state index in [-0.39, 0.29) is 11.9 Å². The molecule has 0 aliphatic rings. The summed E-state index contributed by atoms with van der Waals surface area (Å²) >= 11 is 0. The Kier molecular flexibility index (Phi) is 4.35. The summed E-state index contributed by atoms with van der Waals surface area (Å²) in [4.78, 5) is 0. The van der Waals surface area contributed by atoms with E-state index in [1.807, 2.05) is 30.3 Å². The van der Waals surface area contributed by atoms with Gasteiger partial charge < -0.3 is 9.73 Å². The van der Waals surface area contributed by atoms with E-state index in [9.17, 15) is 4.39 Å². The third-order valence-corrected chi connectivity index (χ3v) is 3.68. The average molecular weight is 295 g/mol. The summed E-state index contributed by atoms with van der Waals surface area (Å²) in [5.74, 6) is 1.08. The average Bonchev–Trinajstić information content (AvgIpc) is 3.02. The summed E-state index contributed by atoms with van der Waals surface area (Å²) in [5.41, 5.74) is 1.72. The first-order chi connectivity index (χ1) is 10.7. The maximum atomic E-state index is 13.7. The minimum Gasteiger partial charge on any atom is -0.460 e.